The van der Waals surface area contributed by atoms with Crippen molar-refractivity contribution >= 4 is 11.6 Å². The van der Waals surface area contributed by atoms with Gasteiger partial charge in [-0.3, -0.25) is 9.69 Å². The van der Waals surface area contributed by atoms with Crippen LogP contribution in [0.2, 0.25) is 0 Å². The van der Waals surface area contributed by atoms with Crippen molar-refractivity contribution in [2.24, 2.45) is 5.92 Å². The van der Waals surface area contributed by atoms with Crippen LogP contribution in [0.4, 0.5) is 5.69 Å². The number of carbonyl (C=O) groups is 1. The Bertz CT molecular complexity index is 695. The van der Waals surface area contributed by atoms with E-state index >= 15 is 0 Å². The van der Waals surface area contributed by atoms with Crippen LogP contribution in [0.25, 0.3) is 11.5 Å². The van der Waals surface area contributed by atoms with E-state index < -0.39 is 0 Å². The van der Waals surface area contributed by atoms with E-state index in [2.05, 4.69) is 32.7 Å². The average Bonchev–Trinajstić information content (AvgIpc) is 3.05. The molecular formula is C17H23N5O2. The SMILES string of the molecule is CC(C)C(=O)Nc1ccc(-c2nc(C3CNCCN3C)no2)cc1. The van der Waals surface area contributed by atoms with E-state index in [1.54, 1.807) is 0 Å². The predicted octanol–water partition coefficient (Wildman–Crippen LogP) is 1.91. The molecule has 2 heterocycles. The summed E-state index contributed by atoms with van der Waals surface area (Å²) in [5.74, 6) is 1.13. The summed E-state index contributed by atoms with van der Waals surface area (Å²) in [6.45, 7) is 6.47. The predicted molar refractivity (Wildman–Crippen MR) is 91.4 cm³/mol. The van der Waals surface area contributed by atoms with Gasteiger partial charge < -0.3 is 15.2 Å². The summed E-state index contributed by atoms with van der Waals surface area (Å²) in [4.78, 5) is 18.5. The summed E-state index contributed by atoms with van der Waals surface area (Å²) in [6, 6.07) is 7.55. The maximum absolute atomic E-state index is 11.7. The van der Waals surface area contributed by atoms with Gasteiger partial charge in [0.15, 0.2) is 5.82 Å². The van der Waals surface area contributed by atoms with Gasteiger partial charge in [-0.15, -0.1) is 0 Å². The summed E-state index contributed by atoms with van der Waals surface area (Å²) in [6.07, 6.45) is 0. The van der Waals surface area contributed by atoms with Crippen molar-refractivity contribution < 1.29 is 9.32 Å². The molecule has 0 saturated carbocycles. The van der Waals surface area contributed by atoms with Crippen molar-refractivity contribution in [1.82, 2.24) is 20.4 Å². The van der Waals surface area contributed by atoms with E-state index in [4.69, 9.17) is 4.52 Å². The molecule has 0 bridgehead atoms. The Morgan fingerprint density at radius 1 is 1.38 bits per heavy atom. The molecule has 7 nitrogen and oxygen atoms in total. The van der Waals surface area contributed by atoms with E-state index in [1.165, 1.54) is 0 Å². The number of nitrogens with one attached hydrogen (secondary N) is 2. The third-order valence-electron chi connectivity index (χ3n) is 4.17. The lowest BCUT2D eigenvalue weighted by Gasteiger charge is -2.30. The molecule has 1 fully saturated rings. The summed E-state index contributed by atoms with van der Waals surface area (Å²) in [5, 5.41) is 10.3. The largest absolute Gasteiger partial charge is 0.334 e. The molecule has 1 aliphatic rings. The third-order valence-corrected chi connectivity index (χ3v) is 4.17. The van der Waals surface area contributed by atoms with E-state index in [0.717, 1.165) is 30.9 Å². The topological polar surface area (TPSA) is 83.3 Å². The lowest BCUT2D eigenvalue weighted by molar-refractivity contribution is -0.118. The second-order valence-electron chi connectivity index (χ2n) is 6.38. The first-order chi connectivity index (χ1) is 11.5. The maximum atomic E-state index is 11.7. The van der Waals surface area contributed by atoms with E-state index in [-0.39, 0.29) is 17.9 Å². The number of likely N-dealkylation sites (N-methyl/N-ethyl adjacent to an activating group) is 1. The molecular weight excluding hydrogens is 306 g/mol. The number of hydrogen-bond acceptors (Lipinski definition) is 6. The summed E-state index contributed by atoms with van der Waals surface area (Å²) in [5.41, 5.74) is 1.59. The smallest absolute Gasteiger partial charge is 0.257 e. The zero-order valence-electron chi connectivity index (χ0n) is 14.2. The Morgan fingerprint density at radius 3 is 2.79 bits per heavy atom. The Labute approximate surface area is 141 Å². The Morgan fingerprint density at radius 2 is 2.12 bits per heavy atom. The quantitative estimate of drug-likeness (QED) is 0.891. The van der Waals surface area contributed by atoms with Gasteiger partial charge in [-0.05, 0) is 31.3 Å². The van der Waals surface area contributed by atoms with Crippen LogP contribution < -0.4 is 10.6 Å². The van der Waals surface area contributed by atoms with Crippen molar-refractivity contribution in [2.75, 3.05) is 32.0 Å². The molecule has 1 aromatic carbocycles. The molecule has 2 N–H and O–H groups in total. The van der Waals surface area contributed by atoms with Gasteiger partial charge in [-0.1, -0.05) is 19.0 Å². The molecule has 1 unspecified atom stereocenters. The van der Waals surface area contributed by atoms with E-state index in [0.29, 0.717) is 11.7 Å². The van der Waals surface area contributed by atoms with Crippen LogP contribution >= 0.6 is 0 Å². The molecule has 2 aromatic rings. The first-order valence-electron chi connectivity index (χ1n) is 8.20. The van der Waals surface area contributed by atoms with Crippen LogP contribution in [0.5, 0.6) is 0 Å². The second-order valence-corrected chi connectivity index (χ2v) is 6.38. The maximum Gasteiger partial charge on any atom is 0.257 e. The minimum atomic E-state index is -0.0516. The summed E-state index contributed by atoms with van der Waals surface area (Å²) < 4.78 is 5.41. The van der Waals surface area contributed by atoms with Crippen LogP contribution in [-0.2, 0) is 4.79 Å². The Kier molecular flexibility index (Phi) is 4.92. The van der Waals surface area contributed by atoms with Crippen molar-refractivity contribution in [1.29, 1.82) is 0 Å². The highest BCUT2D eigenvalue weighted by Crippen LogP contribution is 2.24. The summed E-state index contributed by atoms with van der Waals surface area (Å²) >= 11 is 0. The summed E-state index contributed by atoms with van der Waals surface area (Å²) in [7, 11) is 2.06. The molecule has 1 aromatic heterocycles. The van der Waals surface area contributed by atoms with Crippen molar-refractivity contribution in [3.05, 3.63) is 30.1 Å². The molecule has 1 aliphatic heterocycles. The molecule has 1 saturated heterocycles. The van der Waals surface area contributed by atoms with Gasteiger partial charge in [-0.2, -0.15) is 4.98 Å². The molecule has 0 aliphatic carbocycles. The van der Waals surface area contributed by atoms with Gasteiger partial charge in [0, 0.05) is 36.8 Å². The fraction of sp³-hybridized carbons (Fsp3) is 0.471. The number of anilines is 1. The zero-order valence-corrected chi connectivity index (χ0v) is 14.2. The average molecular weight is 329 g/mol. The molecule has 0 spiro atoms. The standard InChI is InChI=1S/C17H23N5O2/c1-11(2)16(23)19-13-6-4-12(5-7-13)17-20-15(21-24-17)14-10-18-8-9-22(14)3/h4-7,11,14,18H,8-10H2,1-3H3,(H,19,23). The van der Waals surface area contributed by atoms with Gasteiger partial charge in [0.2, 0.25) is 5.91 Å². The normalized spacial score (nSPS) is 18.8. The Balaban J connectivity index is 1.72. The highest BCUT2D eigenvalue weighted by atomic mass is 16.5. The van der Waals surface area contributed by atoms with Gasteiger partial charge in [0.05, 0.1) is 6.04 Å². The van der Waals surface area contributed by atoms with Crippen molar-refractivity contribution in [3.8, 4) is 11.5 Å². The Hall–Kier alpha value is -2.25. The lowest BCUT2D eigenvalue weighted by atomic mass is 10.1. The number of nitrogens with zero attached hydrogens (tertiary/aromatic N) is 3. The molecule has 1 atom stereocenters. The zero-order chi connectivity index (χ0) is 17.1. The first-order valence-corrected chi connectivity index (χ1v) is 8.20. The van der Waals surface area contributed by atoms with Gasteiger partial charge in [0.1, 0.15) is 0 Å². The molecule has 24 heavy (non-hydrogen) atoms. The fourth-order valence-electron chi connectivity index (χ4n) is 2.56. The number of aromatic nitrogens is 2. The number of rotatable bonds is 4. The molecule has 7 heteroatoms. The molecule has 128 valence electrons. The highest BCUT2D eigenvalue weighted by Gasteiger charge is 2.25. The van der Waals surface area contributed by atoms with Crippen LogP contribution in [0.15, 0.2) is 28.8 Å². The van der Waals surface area contributed by atoms with Crippen LogP contribution in [0, 0.1) is 5.92 Å². The molecule has 1 amide bonds. The van der Waals surface area contributed by atoms with Crippen LogP contribution in [0.1, 0.15) is 25.7 Å². The van der Waals surface area contributed by atoms with Crippen molar-refractivity contribution in [2.45, 2.75) is 19.9 Å². The number of piperazine rings is 1. The minimum Gasteiger partial charge on any atom is -0.334 e. The first kappa shape index (κ1) is 16.6. The number of benzene rings is 1. The van der Waals surface area contributed by atoms with Gasteiger partial charge in [-0.25, -0.2) is 0 Å². The second kappa shape index (κ2) is 7.11. The highest BCUT2D eigenvalue weighted by molar-refractivity contribution is 5.92. The third kappa shape index (κ3) is 3.63. The number of hydrogen-bond donors (Lipinski definition) is 2. The fourth-order valence-corrected chi connectivity index (χ4v) is 2.56. The monoisotopic (exact) mass is 329 g/mol. The van der Waals surface area contributed by atoms with Gasteiger partial charge in [0.25, 0.3) is 5.89 Å². The minimum absolute atomic E-state index is 0.00402. The van der Waals surface area contributed by atoms with E-state index in [1.807, 2.05) is 38.1 Å². The van der Waals surface area contributed by atoms with Gasteiger partial charge >= 0.3 is 0 Å². The molecule has 3 rings (SSSR count). The van der Waals surface area contributed by atoms with Crippen molar-refractivity contribution in [3.63, 3.8) is 0 Å². The number of amides is 1. The molecule has 0 radical (unpaired) electrons. The van der Waals surface area contributed by atoms with E-state index in [9.17, 15) is 4.79 Å². The lowest BCUT2D eigenvalue weighted by Crippen LogP contribution is -2.44. The van der Waals surface area contributed by atoms with Crippen LogP contribution in [-0.4, -0.2) is 47.6 Å². The number of carbonyl (C=O) groups excluding carboxylic acids is 1. The van der Waals surface area contributed by atoms with Crippen LogP contribution in [0.3, 0.4) is 0 Å².